The van der Waals surface area contributed by atoms with Crippen LogP contribution in [0.15, 0.2) is 24.3 Å². The summed E-state index contributed by atoms with van der Waals surface area (Å²) in [4.78, 5) is 24.6. The molecule has 118 valence electrons. The average molecular weight is 303 g/mol. The fraction of sp³-hybridized carbons (Fsp3) is 0.556. The Morgan fingerprint density at radius 1 is 1.23 bits per heavy atom. The molecule has 2 saturated carbocycles. The van der Waals surface area contributed by atoms with Gasteiger partial charge in [0.1, 0.15) is 11.6 Å². The molecule has 22 heavy (non-hydrogen) atoms. The SMILES string of the molecule is CC(NC(=O)C1CC2CCCC(C1)C2=O)c1ccccc1F. The zero-order valence-corrected chi connectivity index (χ0v) is 12.8. The number of rotatable bonds is 3. The minimum atomic E-state index is -0.355. The van der Waals surface area contributed by atoms with Gasteiger partial charge in [0.15, 0.2) is 0 Å². The Hall–Kier alpha value is -1.71. The van der Waals surface area contributed by atoms with E-state index in [-0.39, 0.29) is 35.5 Å². The van der Waals surface area contributed by atoms with Crippen LogP contribution in [0.1, 0.15) is 50.6 Å². The second kappa shape index (κ2) is 6.19. The van der Waals surface area contributed by atoms with Crippen LogP contribution in [0.4, 0.5) is 4.39 Å². The lowest BCUT2D eigenvalue weighted by Crippen LogP contribution is -2.43. The summed E-state index contributed by atoms with van der Waals surface area (Å²) in [6.45, 7) is 1.80. The lowest BCUT2D eigenvalue weighted by molar-refractivity contribution is -0.137. The van der Waals surface area contributed by atoms with Crippen molar-refractivity contribution < 1.29 is 14.0 Å². The number of amides is 1. The number of Topliss-reactive ketones (excluding diaryl/α,β-unsaturated/α-hetero) is 1. The normalized spacial score (nSPS) is 29.0. The van der Waals surface area contributed by atoms with Crippen LogP contribution in [0, 0.1) is 23.6 Å². The first kappa shape index (κ1) is 15.2. The standard InChI is InChI=1S/C18H22FNO2/c1-11(15-7-2-3-8-16(15)19)20-18(22)14-9-12-5-4-6-13(10-14)17(12)21/h2-3,7-8,11-14H,4-6,9-10H2,1H3,(H,20,22). The van der Waals surface area contributed by atoms with E-state index in [1.54, 1.807) is 25.1 Å². The summed E-state index contributed by atoms with van der Waals surface area (Å²) in [6.07, 6.45) is 4.25. The van der Waals surface area contributed by atoms with Crippen molar-refractivity contribution in [1.29, 1.82) is 0 Å². The van der Waals surface area contributed by atoms with E-state index in [2.05, 4.69) is 5.32 Å². The second-order valence-electron chi connectivity index (χ2n) is 6.65. The summed E-state index contributed by atoms with van der Waals surface area (Å²) in [5, 5.41) is 2.92. The van der Waals surface area contributed by atoms with Crippen molar-refractivity contribution in [1.82, 2.24) is 5.32 Å². The molecule has 0 spiro atoms. The first-order valence-electron chi connectivity index (χ1n) is 8.14. The fourth-order valence-electron chi connectivity index (χ4n) is 3.93. The van der Waals surface area contributed by atoms with Gasteiger partial charge < -0.3 is 5.32 Å². The molecule has 0 aliphatic heterocycles. The Labute approximate surface area is 130 Å². The number of ketones is 1. The lowest BCUT2D eigenvalue weighted by atomic mass is 9.67. The molecule has 2 aliphatic carbocycles. The Bertz CT molecular complexity index is 570. The molecule has 1 N–H and O–H groups in total. The summed E-state index contributed by atoms with van der Waals surface area (Å²) in [5.74, 6) is 0.0323. The van der Waals surface area contributed by atoms with Crippen LogP contribution in [-0.2, 0) is 9.59 Å². The van der Waals surface area contributed by atoms with Crippen molar-refractivity contribution in [2.75, 3.05) is 0 Å². The van der Waals surface area contributed by atoms with Gasteiger partial charge in [0.05, 0.1) is 6.04 Å². The van der Waals surface area contributed by atoms with E-state index < -0.39 is 0 Å². The molecule has 3 atom stereocenters. The van der Waals surface area contributed by atoms with E-state index in [9.17, 15) is 14.0 Å². The molecule has 0 aromatic heterocycles. The fourth-order valence-corrected chi connectivity index (χ4v) is 3.93. The zero-order chi connectivity index (χ0) is 15.7. The third-order valence-electron chi connectivity index (χ3n) is 5.15. The average Bonchev–Trinajstić information content (AvgIpc) is 2.47. The first-order chi connectivity index (χ1) is 10.6. The number of halogens is 1. The maximum Gasteiger partial charge on any atom is 0.223 e. The third-order valence-corrected chi connectivity index (χ3v) is 5.15. The first-order valence-corrected chi connectivity index (χ1v) is 8.14. The van der Waals surface area contributed by atoms with E-state index in [1.165, 1.54) is 6.07 Å². The van der Waals surface area contributed by atoms with E-state index in [1.807, 2.05) is 0 Å². The third kappa shape index (κ3) is 2.92. The van der Waals surface area contributed by atoms with Gasteiger partial charge in [-0.15, -0.1) is 0 Å². The van der Waals surface area contributed by atoms with E-state index in [4.69, 9.17) is 0 Å². The van der Waals surface area contributed by atoms with Gasteiger partial charge in [-0.25, -0.2) is 4.39 Å². The minimum absolute atomic E-state index is 0.0415. The lowest BCUT2D eigenvalue weighted by Gasteiger charge is -2.37. The van der Waals surface area contributed by atoms with Crippen LogP contribution in [0.2, 0.25) is 0 Å². The van der Waals surface area contributed by atoms with Crippen molar-refractivity contribution in [2.45, 2.75) is 45.1 Å². The van der Waals surface area contributed by atoms with Gasteiger partial charge in [-0.2, -0.15) is 0 Å². The van der Waals surface area contributed by atoms with Gasteiger partial charge in [-0.05, 0) is 38.7 Å². The predicted octanol–water partition coefficient (Wildman–Crippen LogP) is 3.40. The van der Waals surface area contributed by atoms with E-state index in [0.29, 0.717) is 24.2 Å². The van der Waals surface area contributed by atoms with Crippen LogP contribution < -0.4 is 5.32 Å². The molecule has 1 aromatic carbocycles. The predicted molar refractivity (Wildman–Crippen MR) is 81.5 cm³/mol. The highest BCUT2D eigenvalue weighted by molar-refractivity contribution is 5.88. The molecule has 3 nitrogen and oxygen atoms in total. The number of hydrogen-bond acceptors (Lipinski definition) is 2. The number of carbonyl (C=O) groups excluding carboxylic acids is 2. The van der Waals surface area contributed by atoms with Crippen LogP contribution >= 0.6 is 0 Å². The highest BCUT2D eigenvalue weighted by Crippen LogP contribution is 2.40. The van der Waals surface area contributed by atoms with Crippen LogP contribution in [-0.4, -0.2) is 11.7 Å². The highest BCUT2D eigenvalue weighted by atomic mass is 19.1. The van der Waals surface area contributed by atoms with Crippen molar-refractivity contribution in [2.24, 2.45) is 17.8 Å². The molecule has 3 rings (SSSR count). The quantitative estimate of drug-likeness (QED) is 0.930. The summed E-state index contributed by atoms with van der Waals surface area (Å²) >= 11 is 0. The zero-order valence-electron chi connectivity index (χ0n) is 12.8. The molecule has 1 amide bonds. The molecule has 2 bridgehead atoms. The number of benzene rings is 1. The smallest absolute Gasteiger partial charge is 0.223 e. The Morgan fingerprint density at radius 3 is 2.50 bits per heavy atom. The van der Waals surface area contributed by atoms with Gasteiger partial charge in [-0.1, -0.05) is 24.6 Å². The number of carbonyl (C=O) groups is 2. The Kier molecular flexibility index (Phi) is 4.27. The molecule has 0 saturated heterocycles. The summed E-state index contributed by atoms with van der Waals surface area (Å²) in [5.41, 5.74) is 0.503. The molecule has 0 heterocycles. The molecule has 4 heteroatoms. The maximum atomic E-state index is 13.8. The van der Waals surface area contributed by atoms with Gasteiger partial charge in [0, 0.05) is 23.3 Å². The second-order valence-corrected chi connectivity index (χ2v) is 6.65. The molecule has 2 aliphatic rings. The molecule has 3 unspecified atom stereocenters. The van der Waals surface area contributed by atoms with Crippen molar-refractivity contribution in [3.05, 3.63) is 35.6 Å². The van der Waals surface area contributed by atoms with Crippen molar-refractivity contribution in [3.63, 3.8) is 0 Å². The van der Waals surface area contributed by atoms with E-state index in [0.717, 1.165) is 19.3 Å². The summed E-state index contributed by atoms with van der Waals surface area (Å²) in [6, 6.07) is 6.15. The van der Waals surface area contributed by atoms with Crippen molar-refractivity contribution >= 4 is 11.7 Å². The molecular formula is C18H22FNO2. The minimum Gasteiger partial charge on any atom is -0.349 e. The maximum absolute atomic E-state index is 13.8. The number of nitrogens with one attached hydrogen (secondary N) is 1. The largest absolute Gasteiger partial charge is 0.349 e. The monoisotopic (exact) mass is 303 g/mol. The van der Waals surface area contributed by atoms with Gasteiger partial charge >= 0.3 is 0 Å². The van der Waals surface area contributed by atoms with E-state index >= 15 is 0 Å². The summed E-state index contributed by atoms with van der Waals surface area (Å²) in [7, 11) is 0. The molecule has 0 radical (unpaired) electrons. The molecule has 1 aromatic rings. The Balaban J connectivity index is 1.65. The van der Waals surface area contributed by atoms with Crippen LogP contribution in [0.25, 0.3) is 0 Å². The van der Waals surface area contributed by atoms with Crippen LogP contribution in [0.5, 0.6) is 0 Å². The van der Waals surface area contributed by atoms with Gasteiger partial charge in [0.2, 0.25) is 5.91 Å². The van der Waals surface area contributed by atoms with Gasteiger partial charge in [-0.3, -0.25) is 9.59 Å². The number of fused-ring (bicyclic) bond motifs is 2. The highest BCUT2D eigenvalue weighted by Gasteiger charge is 2.41. The van der Waals surface area contributed by atoms with Crippen LogP contribution in [0.3, 0.4) is 0 Å². The van der Waals surface area contributed by atoms with Crippen molar-refractivity contribution in [3.8, 4) is 0 Å². The molecular weight excluding hydrogens is 281 g/mol. The molecule has 2 fully saturated rings. The summed E-state index contributed by atoms with van der Waals surface area (Å²) < 4.78 is 13.8. The Morgan fingerprint density at radius 2 is 1.86 bits per heavy atom. The topological polar surface area (TPSA) is 46.2 Å². The number of hydrogen-bond donors (Lipinski definition) is 1. The van der Waals surface area contributed by atoms with Gasteiger partial charge in [0.25, 0.3) is 0 Å².